The maximum atomic E-state index is 12.7. The van der Waals surface area contributed by atoms with E-state index in [1.807, 2.05) is 0 Å². The van der Waals surface area contributed by atoms with Crippen molar-refractivity contribution in [1.82, 2.24) is 4.98 Å². The van der Waals surface area contributed by atoms with Crippen molar-refractivity contribution in [3.05, 3.63) is 54.2 Å². The van der Waals surface area contributed by atoms with Gasteiger partial charge in [0.15, 0.2) is 0 Å². The summed E-state index contributed by atoms with van der Waals surface area (Å²) in [6, 6.07) is 11.1. The van der Waals surface area contributed by atoms with Crippen molar-refractivity contribution >= 4 is 0 Å². The number of pyridine rings is 1. The van der Waals surface area contributed by atoms with Crippen LogP contribution in [0.4, 0.5) is 13.2 Å². The molecule has 16 heavy (non-hydrogen) atoms. The quantitative estimate of drug-likeness (QED) is 0.718. The molecule has 2 rings (SSSR count). The Hall–Kier alpha value is -1.84. The predicted octanol–water partition coefficient (Wildman–Crippen LogP) is 3.57. The van der Waals surface area contributed by atoms with Gasteiger partial charge in [-0.3, -0.25) is 4.98 Å². The van der Waals surface area contributed by atoms with E-state index in [2.05, 4.69) is 11.1 Å². The summed E-state index contributed by atoms with van der Waals surface area (Å²) >= 11 is 0. The van der Waals surface area contributed by atoms with Gasteiger partial charge >= 0.3 is 6.18 Å². The highest BCUT2D eigenvalue weighted by atomic mass is 19.4. The molecule has 1 radical (unpaired) electrons. The van der Waals surface area contributed by atoms with Crippen LogP contribution in [0.25, 0.3) is 11.3 Å². The van der Waals surface area contributed by atoms with Crippen LogP contribution in [0, 0.1) is 6.07 Å². The number of hydrogen-bond acceptors (Lipinski definition) is 1. The normalized spacial score (nSPS) is 11.4. The van der Waals surface area contributed by atoms with Crippen molar-refractivity contribution in [2.75, 3.05) is 0 Å². The van der Waals surface area contributed by atoms with E-state index < -0.39 is 11.7 Å². The fraction of sp³-hybridized carbons (Fsp3) is 0.0833. The Morgan fingerprint density at radius 2 is 1.81 bits per heavy atom. The van der Waals surface area contributed by atoms with Crippen LogP contribution in [0.15, 0.2) is 42.6 Å². The van der Waals surface area contributed by atoms with Crippen LogP contribution in [-0.4, -0.2) is 4.98 Å². The second kappa shape index (κ2) is 3.96. The number of aromatic nitrogens is 1. The standard InChI is InChI=1S/C12H7F3N/c13-12(14,15)10-6-2-1-5-9(10)11-7-3-4-8-16-11/h1-3,5-8H. The Morgan fingerprint density at radius 1 is 1.06 bits per heavy atom. The highest BCUT2D eigenvalue weighted by molar-refractivity contribution is 5.64. The molecule has 0 fully saturated rings. The van der Waals surface area contributed by atoms with Gasteiger partial charge in [-0.2, -0.15) is 13.2 Å². The van der Waals surface area contributed by atoms with E-state index in [4.69, 9.17) is 0 Å². The maximum Gasteiger partial charge on any atom is 0.417 e. The zero-order valence-electron chi connectivity index (χ0n) is 8.12. The molecule has 0 N–H and O–H groups in total. The molecule has 0 saturated heterocycles. The van der Waals surface area contributed by atoms with Crippen LogP contribution < -0.4 is 0 Å². The third-order valence-electron chi connectivity index (χ3n) is 2.12. The predicted molar refractivity (Wildman–Crippen MR) is 53.5 cm³/mol. The lowest BCUT2D eigenvalue weighted by atomic mass is 10.0. The van der Waals surface area contributed by atoms with Crippen molar-refractivity contribution in [1.29, 1.82) is 0 Å². The summed E-state index contributed by atoms with van der Waals surface area (Å²) in [4.78, 5) is 3.87. The van der Waals surface area contributed by atoms with Crippen LogP contribution in [0.1, 0.15) is 5.56 Å². The molecule has 0 unspecified atom stereocenters. The minimum atomic E-state index is -4.36. The first-order chi connectivity index (χ1) is 7.59. The van der Waals surface area contributed by atoms with E-state index in [1.165, 1.54) is 30.5 Å². The summed E-state index contributed by atoms with van der Waals surface area (Å²) in [5.74, 6) is 0. The topological polar surface area (TPSA) is 12.9 Å². The first kappa shape index (κ1) is 10.7. The summed E-state index contributed by atoms with van der Waals surface area (Å²) in [7, 11) is 0. The Balaban J connectivity index is 2.58. The SMILES string of the molecule is FC(F)(F)c1ccccc1-c1cc[c]cn1. The molecule has 0 saturated carbocycles. The highest BCUT2D eigenvalue weighted by Crippen LogP contribution is 2.35. The Labute approximate surface area is 90.6 Å². The Kier molecular flexibility index (Phi) is 2.64. The summed E-state index contributed by atoms with van der Waals surface area (Å²) in [5, 5.41) is 0. The van der Waals surface area contributed by atoms with Crippen molar-refractivity contribution < 1.29 is 13.2 Å². The molecule has 81 valence electrons. The lowest BCUT2D eigenvalue weighted by molar-refractivity contribution is -0.137. The molecule has 0 amide bonds. The molecule has 0 spiro atoms. The molecular formula is C12H7F3N. The smallest absolute Gasteiger partial charge is 0.256 e. The van der Waals surface area contributed by atoms with E-state index in [1.54, 1.807) is 6.07 Å². The highest BCUT2D eigenvalue weighted by Gasteiger charge is 2.33. The van der Waals surface area contributed by atoms with Crippen molar-refractivity contribution in [2.45, 2.75) is 6.18 Å². The van der Waals surface area contributed by atoms with E-state index in [9.17, 15) is 13.2 Å². The Morgan fingerprint density at radius 3 is 2.44 bits per heavy atom. The van der Waals surface area contributed by atoms with E-state index in [0.717, 1.165) is 6.07 Å². The van der Waals surface area contributed by atoms with Gasteiger partial charge in [0.25, 0.3) is 0 Å². The minimum Gasteiger partial charge on any atom is -0.256 e. The first-order valence-corrected chi connectivity index (χ1v) is 4.58. The van der Waals surface area contributed by atoms with Gasteiger partial charge in [-0.15, -0.1) is 0 Å². The zero-order valence-corrected chi connectivity index (χ0v) is 8.12. The average Bonchev–Trinajstić information content (AvgIpc) is 2.29. The van der Waals surface area contributed by atoms with Crippen LogP contribution in [-0.2, 0) is 6.18 Å². The summed E-state index contributed by atoms with van der Waals surface area (Å²) in [5.41, 5.74) is -0.288. The molecule has 0 aliphatic carbocycles. The van der Waals surface area contributed by atoms with Crippen molar-refractivity contribution in [3.8, 4) is 11.3 Å². The van der Waals surface area contributed by atoms with Gasteiger partial charge in [0.1, 0.15) is 0 Å². The minimum absolute atomic E-state index is 0.0870. The van der Waals surface area contributed by atoms with Crippen LogP contribution in [0.2, 0.25) is 0 Å². The molecule has 1 heterocycles. The largest absolute Gasteiger partial charge is 0.417 e. The molecule has 0 bridgehead atoms. The van der Waals surface area contributed by atoms with Gasteiger partial charge < -0.3 is 0 Å². The van der Waals surface area contributed by atoms with Gasteiger partial charge in [0.2, 0.25) is 0 Å². The number of halogens is 3. The zero-order chi connectivity index (χ0) is 11.6. The second-order valence-corrected chi connectivity index (χ2v) is 3.19. The van der Waals surface area contributed by atoms with Gasteiger partial charge in [0.05, 0.1) is 11.3 Å². The van der Waals surface area contributed by atoms with Gasteiger partial charge in [-0.25, -0.2) is 0 Å². The molecule has 1 nitrogen and oxygen atoms in total. The van der Waals surface area contributed by atoms with Crippen LogP contribution in [0.5, 0.6) is 0 Å². The van der Waals surface area contributed by atoms with Crippen molar-refractivity contribution in [2.24, 2.45) is 0 Å². The molecule has 2 aromatic rings. The van der Waals surface area contributed by atoms with Gasteiger partial charge in [0, 0.05) is 17.8 Å². The van der Waals surface area contributed by atoms with Crippen molar-refractivity contribution in [3.63, 3.8) is 0 Å². The summed E-state index contributed by atoms with van der Waals surface area (Å²) in [6.07, 6.45) is -3.01. The fourth-order valence-corrected chi connectivity index (χ4v) is 1.43. The number of alkyl halides is 3. The number of hydrogen-bond donors (Lipinski definition) is 0. The molecule has 1 aromatic carbocycles. The third kappa shape index (κ3) is 2.05. The van der Waals surface area contributed by atoms with Gasteiger partial charge in [-0.05, 0) is 12.1 Å². The van der Waals surface area contributed by atoms with Gasteiger partial charge in [-0.1, -0.05) is 24.3 Å². The first-order valence-electron chi connectivity index (χ1n) is 4.58. The van der Waals surface area contributed by atoms with Crippen LogP contribution >= 0.6 is 0 Å². The molecular weight excluding hydrogens is 215 g/mol. The summed E-state index contributed by atoms with van der Waals surface area (Å²) < 4.78 is 38.1. The lowest BCUT2D eigenvalue weighted by Gasteiger charge is -2.11. The molecule has 0 aliphatic heterocycles. The lowest BCUT2D eigenvalue weighted by Crippen LogP contribution is -2.07. The van der Waals surface area contributed by atoms with Crippen LogP contribution in [0.3, 0.4) is 0 Å². The van der Waals surface area contributed by atoms with E-state index in [0.29, 0.717) is 5.69 Å². The number of benzene rings is 1. The molecule has 1 aromatic heterocycles. The molecule has 4 heteroatoms. The summed E-state index contributed by atoms with van der Waals surface area (Å²) in [6.45, 7) is 0. The monoisotopic (exact) mass is 222 g/mol. The number of nitrogens with zero attached hydrogens (tertiary/aromatic N) is 1. The number of rotatable bonds is 1. The third-order valence-corrected chi connectivity index (χ3v) is 2.12. The molecule has 0 atom stereocenters. The fourth-order valence-electron chi connectivity index (χ4n) is 1.43. The molecule has 0 aliphatic rings. The van der Waals surface area contributed by atoms with E-state index in [-0.39, 0.29) is 5.56 Å². The average molecular weight is 222 g/mol. The Bertz CT molecular complexity index is 477. The van der Waals surface area contributed by atoms with E-state index >= 15 is 0 Å². The maximum absolute atomic E-state index is 12.7. The second-order valence-electron chi connectivity index (χ2n) is 3.19.